The van der Waals surface area contributed by atoms with Crippen molar-refractivity contribution in [1.82, 2.24) is 9.88 Å². The van der Waals surface area contributed by atoms with Gasteiger partial charge in [0.05, 0.1) is 31.2 Å². The van der Waals surface area contributed by atoms with Crippen molar-refractivity contribution in [2.45, 2.75) is 57.2 Å². The number of hydrogen-bond acceptors (Lipinski definition) is 5. The second-order valence-electron chi connectivity index (χ2n) is 9.98. The maximum atomic E-state index is 12.7. The lowest BCUT2D eigenvalue weighted by Gasteiger charge is -2.33. The van der Waals surface area contributed by atoms with E-state index in [2.05, 4.69) is 30.3 Å². The van der Waals surface area contributed by atoms with Gasteiger partial charge in [0, 0.05) is 18.2 Å². The fraction of sp³-hybridized carbons (Fsp3) is 0.375. The molecule has 0 unspecified atom stereocenters. The Morgan fingerprint density at radius 3 is 2.37 bits per heavy atom. The molecule has 0 spiro atoms. The van der Waals surface area contributed by atoms with Crippen molar-refractivity contribution in [3.05, 3.63) is 101 Å². The molecule has 0 saturated heterocycles. The highest BCUT2D eigenvalue weighted by Crippen LogP contribution is 2.36. The van der Waals surface area contributed by atoms with Gasteiger partial charge < -0.3 is 14.2 Å². The second kappa shape index (κ2) is 12.7. The molecule has 1 saturated carbocycles. The molecule has 2 heterocycles. The highest BCUT2D eigenvalue weighted by atomic mass is 16.5. The van der Waals surface area contributed by atoms with Gasteiger partial charge in [-0.25, -0.2) is 9.78 Å². The molecule has 1 fully saturated rings. The zero-order chi connectivity index (χ0) is 26.2. The zero-order valence-electron chi connectivity index (χ0n) is 22.1. The van der Waals surface area contributed by atoms with Crippen LogP contribution < -0.4 is 4.74 Å². The van der Waals surface area contributed by atoms with Crippen molar-refractivity contribution >= 4 is 11.7 Å². The number of hydrogen-bond donors (Lipinski definition) is 0. The number of pyridine rings is 1. The van der Waals surface area contributed by atoms with Gasteiger partial charge in [0.15, 0.2) is 0 Å². The van der Waals surface area contributed by atoms with Crippen molar-refractivity contribution in [2.75, 3.05) is 20.3 Å². The van der Waals surface area contributed by atoms with Crippen molar-refractivity contribution in [3.8, 4) is 5.88 Å². The highest BCUT2D eigenvalue weighted by Gasteiger charge is 2.29. The number of carbonyl (C=O) groups excluding carboxylic acids is 1. The smallest absolute Gasteiger partial charge is 0.413 e. The van der Waals surface area contributed by atoms with Gasteiger partial charge in [-0.2, -0.15) is 0 Å². The summed E-state index contributed by atoms with van der Waals surface area (Å²) in [6, 6.07) is 26.6. The number of amides is 1. The number of benzene rings is 2. The Hall–Kier alpha value is -3.64. The summed E-state index contributed by atoms with van der Waals surface area (Å²) in [6.07, 6.45) is 5.74. The Morgan fingerprint density at radius 2 is 1.63 bits per heavy atom. The highest BCUT2D eigenvalue weighted by molar-refractivity contribution is 5.77. The predicted octanol–water partition coefficient (Wildman–Crippen LogP) is 6.98. The standard InChI is InChI=1S/C32H36N2O4/c1-36-32(35)34-21-9-14-28(29-15-8-16-31(33-29)38-22-24-10-4-2-5-11-24)30(34)23-37-27-19-17-26(18-20-27)25-12-6-3-7-13-25/h2-8,10-13,15-16,26-27H,9,14,17-23H2,1H3. The molecule has 0 atom stereocenters. The monoisotopic (exact) mass is 512 g/mol. The lowest BCUT2D eigenvalue weighted by atomic mass is 9.83. The second-order valence-corrected chi connectivity index (χ2v) is 9.98. The summed E-state index contributed by atoms with van der Waals surface area (Å²) in [5.74, 6) is 1.16. The first-order chi connectivity index (χ1) is 18.7. The third-order valence-electron chi connectivity index (χ3n) is 7.54. The first kappa shape index (κ1) is 26.0. The van der Waals surface area contributed by atoms with E-state index < -0.39 is 0 Å². The molecule has 5 rings (SSSR count). The first-order valence-electron chi connectivity index (χ1n) is 13.6. The molecule has 2 aromatic carbocycles. The summed E-state index contributed by atoms with van der Waals surface area (Å²) in [5, 5.41) is 0. The third-order valence-corrected chi connectivity index (χ3v) is 7.54. The topological polar surface area (TPSA) is 60.9 Å². The van der Waals surface area contributed by atoms with E-state index in [1.165, 1.54) is 12.7 Å². The largest absolute Gasteiger partial charge is 0.473 e. The molecule has 2 aliphatic rings. The molecule has 6 heteroatoms. The number of nitrogens with zero attached hydrogens (tertiary/aromatic N) is 2. The lowest BCUT2D eigenvalue weighted by molar-refractivity contribution is 0.0276. The molecule has 3 aromatic rings. The summed E-state index contributed by atoms with van der Waals surface area (Å²) >= 11 is 0. The van der Waals surface area contributed by atoms with Gasteiger partial charge in [-0.05, 0) is 61.6 Å². The summed E-state index contributed by atoms with van der Waals surface area (Å²) < 4.78 is 17.6. The third kappa shape index (κ3) is 6.43. The number of methoxy groups -OCH3 is 1. The summed E-state index contributed by atoms with van der Waals surface area (Å²) in [7, 11) is 1.43. The first-order valence-corrected chi connectivity index (χ1v) is 13.6. The summed E-state index contributed by atoms with van der Waals surface area (Å²) in [4.78, 5) is 19.2. The van der Waals surface area contributed by atoms with Gasteiger partial charge in [-0.3, -0.25) is 4.90 Å². The van der Waals surface area contributed by atoms with Crippen LogP contribution in [0, 0.1) is 0 Å². The van der Waals surface area contributed by atoms with Crippen LogP contribution in [0.15, 0.2) is 84.6 Å². The molecule has 1 aromatic heterocycles. The Kier molecular flexibility index (Phi) is 8.71. The van der Waals surface area contributed by atoms with Crippen molar-refractivity contribution in [2.24, 2.45) is 0 Å². The van der Waals surface area contributed by atoms with Gasteiger partial charge >= 0.3 is 6.09 Å². The quantitative estimate of drug-likeness (QED) is 0.326. The molecule has 1 aliphatic heterocycles. The Balaban J connectivity index is 1.30. The van der Waals surface area contributed by atoms with Crippen LogP contribution in [0.25, 0.3) is 5.57 Å². The molecule has 198 valence electrons. The van der Waals surface area contributed by atoms with E-state index >= 15 is 0 Å². The Bertz CT molecular complexity index is 1220. The van der Waals surface area contributed by atoms with Crippen LogP contribution in [0.4, 0.5) is 4.79 Å². The van der Waals surface area contributed by atoms with Gasteiger partial charge in [-0.1, -0.05) is 66.7 Å². The predicted molar refractivity (Wildman–Crippen MR) is 148 cm³/mol. The van der Waals surface area contributed by atoms with E-state index in [9.17, 15) is 4.79 Å². The van der Waals surface area contributed by atoms with Crippen LogP contribution in [0.1, 0.15) is 61.3 Å². The Morgan fingerprint density at radius 1 is 0.895 bits per heavy atom. The molecular formula is C32H36N2O4. The van der Waals surface area contributed by atoms with Crippen LogP contribution in [-0.4, -0.2) is 42.3 Å². The van der Waals surface area contributed by atoms with Crippen molar-refractivity contribution in [1.29, 1.82) is 0 Å². The van der Waals surface area contributed by atoms with Crippen molar-refractivity contribution in [3.63, 3.8) is 0 Å². The average Bonchev–Trinajstić information content (AvgIpc) is 3.00. The summed E-state index contributed by atoms with van der Waals surface area (Å²) in [5.41, 5.74) is 5.19. The molecule has 1 amide bonds. The van der Waals surface area contributed by atoms with Crippen molar-refractivity contribution < 1.29 is 19.0 Å². The summed E-state index contributed by atoms with van der Waals surface area (Å²) in [6.45, 7) is 1.42. The molecular weight excluding hydrogens is 476 g/mol. The average molecular weight is 513 g/mol. The fourth-order valence-corrected chi connectivity index (χ4v) is 5.49. The molecule has 6 nitrogen and oxygen atoms in total. The van der Waals surface area contributed by atoms with E-state index in [0.29, 0.717) is 31.6 Å². The van der Waals surface area contributed by atoms with Gasteiger partial charge in [0.1, 0.15) is 6.61 Å². The minimum absolute atomic E-state index is 0.179. The Labute approximate surface area is 225 Å². The van der Waals surface area contributed by atoms with Gasteiger partial charge in [-0.15, -0.1) is 0 Å². The molecule has 1 aliphatic carbocycles. The van der Waals surface area contributed by atoms with E-state index in [-0.39, 0.29) is 12.2 Å². The van der Waals surface area contributed by atoms with E-state index in [0.717, 1.165) is 61.1 Å². The van der Waals surface area contributed by atoms with Gasteiger partial charge in [0.2, 0.25) is 5.88 Å². The van der Waals surface area contributed by atoms with E-state index in [1.807, 2.05) is 48.5 Å². The van der Waals surface area contributed by atoms with Crippen LogP contribution in [0.3, 0.4) is 0 Å². The maximum Gasteiger partial charge on any atom is 0.413 e. The molecule has 0 radical (unpaired) electrons. The number of allylic oxidation sites excluding steroid dienone is 1. The number of rotatable bonds is 8. The van der Waals surface area contributed by atoms with Crippen LogP contribution in [0.5, 0.6) is 5.88 Å². The fourth-order valence-electron chi connectivity index (χ4n) is 5.49. The van der Waals surface area contributed by atoms with E-state index in [1.54, 1.807) is 4.90 Å². The van der Waals surface area contributed by atoms with Crippen LogP contribution in [-0.2, 0) is 16.1 Å². The SMILES string of the molecule is COC(=O)N1CCCC(c2cccc(OCc3ccccc3)n2)=C1COC1CCC(c2ccccc2)CC1. The molecule has 0 bridgehead atoms. The maximum absolute atomic E-state index is 12.7. The zero-order valence-corrected chi connectivity index (χ0v) is 22.1. The molecule has 0 N–H and O–H groups in total. The molecule has 38 heavy (non-hydrogen) atoms. The number of ether oxygens (including phenoxy) is 3. The number of aromatic nitrogens is 1. The van der Waals surface area contributed by atoms with Gasteiger partial charge in [0.25, 0.3) is 0 Å². The van der Waals surface area contributed by atoms with E-state index in [4.69, 9.17) is 19.2 Å². The number of carbonyl (C=O) groups is 1. The van der Waals surface area contributed by atoms with Crippen LogP contribution >= 0.6 is 0 Å². The minimum Gasteiger partial charge on any atom is -0.473 e. The normalized spacial score (nSPS) is 19.8. The lowest BCUT2D eigenvalue weighted by Crippen LogP contribution is -2.37. The van der Waals surface area contributed by atoms with Crippen LogP contribution in [0.2, 0.25) is 0 Å². The minimum atomic E-state index is -0.356.